The van der Waals surface area contributed by atoms with Gasteiger partial charge in [0.05, 0.1) is 0 Å². The molecule has 0 unspecified atom stereocenters. The molecule has 0 fully saturated rings. The largest absolute Gasteiger partial charge is 0.330 e. The number of nitrogens with one attached hydrogen (secondary N) is 1. The van der Waals surface area contributed by atoms with Crippen molar-refractivity contribution >= 4 is 11.9 Å². The molecule has 1 nitrogen and oxygen atoms in total. The van der Waals surface area contributed by atoms with Crippen molar-refractivity contribution in [1.82, 2.24) is 4.72 Å². The van der Waals surface area contributed by atoms with E-state index in [4.69, 9.17) is 0 Å². The second-order valence-corrected chi connectivity index (χ2v) is 3.85. The third kappa shape index (κ3) is 3.55. The third-order valence-electron chi connectivity index (χ3n) is 1.76. The zero-order chi connectivity index (χ0) is 9.68. The Bertz CT molecular complexity index is 277. The minimum absolute atomic E-state index is 0.971. The first-order valence-electron chi connectivity index (χ1n) is 4.39. The SMILES string of the molecule is C=C(CC)NSc1ccc(C)cc1. The van der Waals surface area contributed by atoms with Gasteiger partial charge >= 0.3 is 0 Å². The van der Waals surface area contributed by atoms with Crippen LogP contribution in [0.2, 0.25) is 0 Å². The molecular weight excluding hydrogens is 178 g/mol. The summed E-state index contributed by atoms with van der Waals surface area (Å²) in [5.74, 6) is 0. The average molecular weight is 193 g/mol. The molecule has 0 atom stereocenters. The van der Waals surface area contributed by atoms with E-state index >= 15 is 0 Å². The van der Waals surface area contributed by atoms with Crippen molar-refractivity contribution in [2.45, 2.75) is 25.2 Å². The molecule has 13 heavy (non-hydrogen) atoms. The Hall–Kier alpha value is -0.890. The zero-order valence-electron chi connectivity index (χ0n) is 8.13. The number of rotatable bonds is 4. The Morgan fingerprint density at radius 3 is 2.54 bits per heavy atom. The van der Waals surface area contributed by atoms with Gasteiger partial charge in [0, 0.05) is 10.6 Å². The number of aryl methyl sites for hydroxylation is 1. The van der Waals surface area contributed by atoms with Crippen molar-refractivity contribution in [2.24, 2.45) is 0 Å². The van der Waals surface area contributed by atoms with Gasteiger partial charge in [-0.15, -0.1) is 0 Å². The van der Waals surface area contributed by atoms with Crippen LogP contribution in [-0.4, -0.2) is 0 Å². The minimum atomic E-state index is 0.971. The summed E-state index contributed by atoms with van der Waals surface area (Å²) in [7, 11) is 0. The molecule has 0 amide bonds. The van der Waals surface area contributed by atoms with E-state index in [1.165, 1.54) is 10.5 Å². The molecule has 0 radical (unpaired) electrons. The van der Waals surface area contributed by atoms with Crippen LogP contribution in [0.3, 0.4) is 0 Å². The molecule has 0 spiro atoms. The van der Waals surface area contributed by atoms with Gasteiger partial charge in [-0.25, -0.2) is 0 Å². The van der Waals surface area contributed by atoms with Gasteiger partial charge in [0.2, 0.25) is 0 Å². The normalized spacial score (nSPS) is 9.69. The van der Waals surface area contributed by atoms with Crippen LogP contribution in [0.1, 0.15) is 18.9 Å². The van der Waals surface area contributed by atoms with Gasteiger partial charge in [-0.3, -0.25) is 0 Å². The maximum atomic E-state index is 3.87. The van der Waals surface area contributed by atoms with E-state index in [0.29, 0.717) is 0 Å². The fourth-order valence-electron chi connectivity index (χ4n) is 0.810. The lowest BCUT2D eigenvalue weighted by Gasteiger charge is -2.05. The fraction of sp³-hybridized carbons (Fsp3) is 0.273. The van der Waals surface area contributed by atoms with Crippen LogP contribution in [0.5, 0.6) is 0 Å². The van der Waals surface area contributed by atoms with Crippen LogP contribution < -0.4 is 4.72 Å². The third-order valence-corrected chi connectivity index (χ3v) is 2.66. The first-order chi connectivity index (χ1) is 6.22. The Morgan fingerprint density at radius 1 is 1.38 bits per heavy atom. The van der Waals surface area contributed by atoms with Crippen LogP contribution >= 0.6 is 11.9 Å². The Kier molecular flexibility index (Phi) is 3.90. The molecule has 0 heterocycles. The van der Waals surface area contributed by atoms with E-state index in [-0.39, 0.29) is 0 Å². The van der Waals surface area contributed by atoms with E-state index < -0.39 is 0 Å². The van der Waals surface area contributed by atoms with Gasteiger partial charge in [0.25, 0.3) is 0 Å². The summed E-state index contributed by atoms with van der Waals surface area (Å²) >= 11 is 1.61. The molecule has 0 bridgehead atoms. The summed E-state index contributed by atoms with van der Waals surface area (Å²) in [6.07, 6.45) is 0.971. The summed E-state index contributed by atoms with van der Waals surface area (Å²) in [6, 6.07) is 8.43. The van der Waals surface area contributed by atoms with Crippen LogP contribution in [0.15, 0.2) is 41.4 Å². The maximum absolute atomic E-state index is 3.87. The number of hydrogen-bond acceptors (Lipinski definition) is 2. The molecule has 0 saturated carbocycles. The average Bonchev–Trinajstić information content (AvgIpc) is 2.16. The Labute approximate surface area is 84.4 Å². The zero-order valence-corrected chi connectivity index (χ0v) is 8.95. The number of benzene rings is 1. The maximum Gasteiger partial charge on any atom is 0.0284 e. The highest BCUT2D eigenvalue weighted by atomic mass is 32.2. The molecule has 1 N–H and O–H groups in total. The highest BCUT2D eigenvalue weighted by Gasteiger charge is 1.93. The lowest BCUT2D eigenvalue weighted by atomic mass is 10.2. The Morgan fingerprint density at radius 2 is 2.00 bits per heavy atom. The number of allylic oxidation sites excluding steroid dienone is 1. The molecule has 1 aromatic carbocycles. The molecule has 0 saturated heterocycles. The summed E-state index contributed by atoms with van der Waals surface area (Å²) in [5, 5.41) is 0. The molecule has 0 aliphatic rings. The molecule has 0 aliphatic heterocycles. The number of hydrogen-bond donors (Lipinski definition) is 1. The quantitative estimate of drug-likeness (QED) is 0.734. The second-order valence-electron chi connectivity index (χ2n) is 2.97. The smallest absolute Gasteiger partial charge is 0.0284 e. The van der Waals surface area contributed by atoms with Gasteiger partial charge in [-0.2, -0.15) is 0 Å². The predicted octanol–water partition coefficient (Wildman–Crippen LogP) is 3.52. The summed E-state index contributed by atoms with van der Waals surface area (Å²) in [5.41, 5.74) is 2.35. The highest BCUT2D eigenvalue weighted by Crippen LogP contribution is 2.16. The van der Waals surface area contributed by atoms with Gasteiger partial charge in [0.15, 0.2) is 0 Å². The van der Waals surface area contributed by atoms with Crippen molar-refractivity contribution in [3.8, 4) is 0 Å². The summed E-state index contributed by atoms with van der Waals surface area (Å²) in [4.78, 5) is 1.22. The van der Waals surface area contributed by atoms with E-state index in [1.54, 1.807) is 11.9 Å². The van der Waals surface area contributed by atoms with Crippen molar-refractivity contribution in [2.75, 3.05) is 0 Å². The van der Waals surface area contributed by atoms with Crippen molar-refractivity contribution in [1.29, 1.82) is 0 Å². The molecule has 0 aromatic heterocycles. The standard InChI is InChI=1S/C11H15NS/c1-4-10(3)12-13-11-7-5-9(2)6-8-11/h5-8,12H,3-4H2,1-2H3. The Balaban J connectivity index is 2.46. The topological polar surface area (TPSA) is 12.0 Å². The van der Waals surface area contributed by atoms with Crippen molar-refractivity contribution in [3.63, 3.8) is 0 Å². The summed E-state index contributed by atoms with van der Waals surface area (Å²) in [6.45, 7) is 8.05. The lowest BCUT2D eigenvalue weighted by Crippen LogP contribution is -1.99. The first-order valence-corrected chi connectivity index (χ1v) is 5.21. The molecule has 70 valence electrons. The molecular formula is C11H15NS. The van der Waals surface area contributed by atoms with Crippen LogP contribution in [0, 0.1) is 6.92 Å². The van der Waals surface area contributed by atoms with Gasteiger partial charge in [-0.05, 0) is 37.4 Å². The first kappa shape index (κ1) is 10.2. The monoisotopic (exact) mass is 193 g/mol. The van der Waals surface area contributed by atoms with Gasteiger partial charge < -0.3 is 4.72 Å². The van der Waals surface area contributed by atoms with Gasteiger partial charge in [-0.1, -0.05) is 31.2 Å². The van der Waals surface area contributed by atoms with Crippen LogP contribution in [-0.2, 0) is 0 Å². The fourth-order valence-corrected chi connectivity index (χ4v) is 1.49. The van der Waals surface area contributed by atoms with E-state index in [9.17, 15) is 0 Å². The van der Waals surface area contributed by atoms with E-state index in [2.05, 4.69) is 49.4 Å². The highest BCUT2D eigenvalue weighted by molar-refractivity contribution is 7.97. The summed E-state index contributed by atoms with van der Waals surface area (Å²) < 4.78 is 3.19. The van der Waals surface area contributed by atoms with Crippen LogP contribution in [0.4, 0.5) is 0 Å². The van der Waals surface area contributed by atoms with Gasteiger partial charge in [0.1, 0.15) is 0 Å². The molecule has 2 heteroatoms. The molecule has 1 aromatic rings. The molecule has 1 rings (SSSR count). The molecule has 0 aliphatic carbocycles. The van der Waals surface area contributed by atoms with Crippen molar-refractivity contribution < 1.29 is 0 Å². The van der Waals surface area contributed by atoms with Crippen molar-refractivity contribution in [3.05, 3.63) is 42.1 Å². The minimum Gasteiger partial charge on any atom is -0.330 e. The van der Waals surface area contributed by atoms with E-state index in [1.807, 2.05) is 0 Å². The predicted molar refractivity (Wildman–Crippen MR) is 59.6 cm³/mol. The van der Waals surface area contributed by atoms with Crippen LogP contribution in [0.25, 0.3) is 0 Å². The lowest BCUT2D eigenvalue weighted by molar-refractivity contribution is 1.03. The second kappa shape index (κ2) is 4.97. The van der Waals surface area contributed by atoms with E-state index in [0.717, 1.165) is 12.1 Å².